The fourth-order valence-electron chi connectivity index (χ4n) is 3.98. The summed E-state index contributed by atoms with van der Waals surface area (Å²) in [5.41, 5.74) is 3.69. The Kier molecular flexibility index (Phi) is 7.24. The van der Waals surface area contributed by atoms with Crippen molar-refractivity contribution >= 4 is 34.1 Å². The molecular weight excluding hydrogens is 422 g/mol. The number of ether oxygens (including phenoxy) is 1. The first-order valence-electron chi connectivity index (χ1n) is 11.6. The maximum atomic E-state index is 11.8. The molecule has 178 valence electrons. The van der Waals surface area contributed by atoms with Gasteiger partial charge < -0.3 is 25.4 Å². The van der Waals surface area contributed by atoms with E-state index in [9.17, 15) is 9.90 Å². The van der Waals surface area contributed by atoms with Crippen molar-refractivity contribution in [2.45, 2.75) is 39.7 Å². The first-order chi connectivity index (χ1) is 16.0. The number of aromatic nitrogens is 4. The summed E-state index contributed by atoms with van der Waals surface area (Å²) in [6.45, 7) is 10.0. The Bertz CT molecular complexity index is 1110. The van der Waals surface area contributed by atoms with Gasteiger partial charge in [-0.05, 0) is 43.9 Å². The predicted octanol–water partition coefficient (Wildman–Crippen LogP) is 1.75. The van der Waals surface area contributed by atoms with Crippen molar-refractivity contribution in [3.05, 3.63) is 24.0 Å². The highest BCUT2D eigenvalue weighted by Crippen LogP contribution is 2.26. The van der Waals surface area contributed by atoms with E-state index < -0.39 is 6.10 Å². The molecule has 0 unspecified atom stereocenters. The zero-order valence-corrected chi connectivity index (χ0v) is 19.5. The first-order valence-corrected chi connectivity index (χ1v) is 11.6. The van der Waals surface area contributed by atoms with Crippen molar-refractivity contribution in [2.75, 3.05) is 49.6 Å². The van der Waals surface area contributed by atoms with Crippen LogP contribution >= 0.6 is 0 Å². The van der Waals surface area contributed by atoms with Gasteiger partial charge in [0, 0.05) is 31.9 Å². The Balaban J connectivity index is 1.43. The fourth-order valence-corrected chi connectivity index (χ4v) is 3.98. The number of anilines is 2. The van der Waals surface area contributed by atoms with Crippen molar-refractivity contribution in [3.8, 4) is 0 Å². The summed E-state index contributed by atoms with van der Waals surface area (Å²) in [5, 5.41) is 24.5. The smallest absolute Gasteiger partial charge is 0.249 e. The van der Waals surface area contributed by atoms with Crippen LogP contribution in [-0.2, 0) is 9.53 Å². The van der Waals surface area contributed by atoms with Gasteiger partial charge in [0.15, 0.2) is 5.82 Å². The fraction of sp³-hybridized carbons (Fsp3) is 0.565. The van der Waals surface area contributed by atoms with Crippen LogP contribution in [0.5, 0.6) is 0 Å². The quantitative estimate of drug-likeness (QED) is 0.418. The molecule has 4 rings (SSSR count). The molecule has 3 aromatic rings. The van der Waals surface area contributed by atoms with E-state index in [2.05, 4.69) is 43.9 Å². The molecule has 1 aliphatic heterocycles. The Morgan fingerprint density at radius 1 is 1.18 bits per heavy atom. The Labute approximate surface area is 193 Å². The normalized spacial score (nSPS) is 15.4. The van der Waals surface area contributed by atoms with Crippen LogP contribution in [0.1, 0.15) is 32.5 Å². The average Bonchev–Trinajstić information content (AvgIpc) is 3.22. The second kappa shape index (κ2) is 10.3. The second-order valence-corrected chi connectivity index (χ2v) is 8.75. The zero-order chi connectivity index (χ0) is 23.4. The Morgan fingerprint density at radius 3 is 2.70 bits per heavy atom. The number of unbranched alkanes of at least 4 members (excludes halogenated alkanes) is 1. The van der Waals surface area contributed by atoms with E-state index in [-0.39, 0.29) is 11.8 Å². The molecule has 1 saturated heterocycles. The van der Waals surface area contributed by atoms with Gasteiger partial charge in [0.1, 0.15) is 11.9 Å². The molecule has 1 fully saturated rings. The number of rotatable bonds is 9. The van der Waals surface area contributed by atoms with Crippen LogP contribution in [0.3, 0.4) is 0 Å². The third kappa shape index (κ3) is 5.17. The third-order valence-electron chi connectivity index (χ3n) is 5.94. The van der Waals surface area contributed by atoms with Crippen LogP contribution < -0.4 is 15.5 Å². The van der Waals surface area contributed by atoms with Crippen molar-refractivity contribution in [2.24, 2.45) is 5.92 Å². The first kappa shape index (κ1) is 23.2. The SMILES string of the molecule is Cc1nnc2c(NCCCCNC(=O)[C@@H](O)C(C)C)nc3cc(N4CCOCC4)ccc3n12. The number of nitrogens with one attached hydrogen (secondary N) is 2. The van der Waals surface area contributed by atoms with Crippen LogP contribution in [-0.4, -0.2) is 76.1 Å². The lowest BCUT2D eigenvalue weighted by Gasteiger charge is -2.29. The summed E-state index contributed by atoms with van der Waals surface area (Å²) in [6.07, 6.45) is 0.669. The third-order valence-corrected chi connectivity index (χ3v) is 5.94. The number of benzene rings is 1. The van der Waals surface area contributed by atoms with Gasteiger partial charge in [-0.25, -0.2) is 4.98 Å². The van der Waals surface area contributed by atoms with E-state index in [1.807, 2.05) is 25.2 Å². The predicted molar refractivity (Wildman–Crippen MR) is 128 cm³/mol. The highest BCUT2D eigenvalue weighted by Gasteiger charge is 2.18. The van der Waals surface area contributed by atoms with Crippen molar-refractivity contribution in [1.29, 1.82) is 0 Å². The number of amides is 1. The number of aliphatic hydroxyl groups is 1. The highest BCUT2D eigenvalue weighted by molar-refractivity contribution is 5.85. The van der Waals surface area contributed by atoms with Crippen molar-refractivity contribution in [3.63, 3.8) is 0 Å². The Hall–Kier alpha value is -2.98. The topological polar surface area (TPSA) is 117 Å². The van der Waals surface area contributed by atoms with Crippen molar-refractivity contribution in [1.82, 2.24) is 24.9 Å². The minimum atomic E-state index is -0.961. The molecule has 0 bridgehead atoms. The van der Waals surface area contributed by atoms with Crippen molar-refractivity contribution < 1.29 is 14.6 Å². The van der Waals surface area contributed by atoms with Gasteiger partial charge in [-0.15, -0.1) is 10.2 Å². The molecule has 1 aromatic carbocycles. The number of aryl methyl sites for hydroxylation is 1. The number of hydrogen-bond donors (Lipinski definition) is 3. The van der Waals surface area contributed by atoms with Crippen LogP contribution in [0, 0.1) is 12.8 Å². The highest BCUT2D eigenvalue weighted by atomic mass is 16.5. The van der Waals surface area contributed by atoms with Crippen LogP contribution in [0.2, 0.25) is 0 Å². The van der Waals surface area contributed by atoms with Gasteiger partial charge in [-0.2, -0.15) is 0 Å². The number of nitrogens with zero attached hydrogens (tertiary/aromatic N) is 5. The molecule has 1 atom stereocenters. The van der Waals surface area contributed by atoms with E-state index in [1.165, 1.54) is 0 Å². The van der Waals surface area contributed by atoms with E-state index in [1.54, 1.807) is 0 Å². The van der Waals surface area contributed by atoms with Gasteiger partial charge in [0.2, 0.25) is 11.6 Å². The van der Waals surface area contributed by atoms with Crippen LogP contribution in [0.25, 0.3) is 16.7 Å². The molecule has 1 amide bonds. The van der Waals surface area contributed by atoms with E-state index in [4.69, 9.17) is 9.72 Å². The number of morpholine rings is 1. The molecule has 0 spiro atoms. The molecule has 2 aromatic heterocycles. The van der Waals surface area contributed by atoms with Gasteiger partial charge in [0.05, 0.1) is 24.2 Å². The minimum absolute atomic E-state index is 0.0940. The second-order valence-electron chi connectivity index (χ2n) is 8.75. The lowest BCUT2D eigenvalue weighted by Crippen LogP contribution is -2.38. The molecule has 3 N–H and O–H groups in total. The molecule has 0 radical (unpaired) electrons. The summed E-state index contributed by atoms with van der Waals surface area (Å²) in [5.74, 6) is 1.10. The lowest BCUT2D eigenvalue weighted by molar-refractivity contribution is -0.131. The summed E-state index contributed by atoms with van der Waals surface area (Å²) < 4.78 is 7.50. The largest absolute Gasteiger partial charge is 0.383 e. The lowest BCUT2D eigenvalue weighted by atomic mass is 10.1. The minimum Gasteiger partial charge on any atom is -0.383 e. The van der Waals surface area contributed by atoms with Crippen LogP contribution in [0.15, 0.2) is 18.2 Å². The zero-order valence-electron chi connectivity index (χ0n) is 19.5. The standard InChI is InChI=1S/C23H33N7O3/c1-15(2)20(31)23(32)25-9-5-4-8-24-21-22-28-27-16(3)30(22)19-7-6-17(14-18(19)26-21)29-10-12-33-13-11-29/h6-7,14-15,20,31H,4-5,8-13H2,1-3H3,(H,24,26)(H,25,32)/t20-/m0/s1. The van der Waals surface area contributed by atoms with E-state index in [0.717, 1.165) is 61.7 Å². The average molecular weight is 456 g/mol. The van der Waals surface area contributed by atoms with Crippen LogP contribution in [0.4, 0.5) is 11.5 Å². The van der Waals surface area contributed by atoms with E-state index >= 15 is 0 Å². The number of fused-ring (bicyclic) bond motifs is 3. The van der Waals surface area contributed by atoms with Gasteiger partial charge in [-0.3, -0.25) is 9.20 Å². The summed E-state index contributed by atoms with van der Waals surface area (Å²) in [4.78, 5) is 19.0. The summed E-state index contributed by atoms with van der Waals surface area (Å²) in [6, 6.07) is 6.31. The molecule has 0 saturated carbocycles. The van der Waals surface area contributed by atoms with E-state index in [0.29, 0.717) is 24.6 Å². The maximum absolute atomic E-state index is 11.8. The maximum Gasteiger partial charge on any atom is 0.249 e. The number of aliphatic hydroxyl groups excluding tert-OH is 1. The number of hydrogen-bond acceptors (Lipinski definition) is 8. The van der Waals surface area contributed by atoms with Gasteiger partial charge >= 0.3 is 0 Å². The van der Waals surface area contributed by atoms with Gasteiger partial charge in [0.25, 0.3) is 0 Å². The molecular formula is C23H33N7O3. The molecule has 10 heteroatoms. The molecule has 33 heavy (non-hydrogen) atoms. The Morgan fingerprint density at radius 2 is 1.94 bits per heavy atom. The number of carbonyl (C=O) groups is 1. The summed E-state index contributed by atoms with van der Waals surface area (Å²) in [7, 11) is 0. The summed E-state index contributed by atoms with van der Waals surface area (Å²) >= 11 is 0. The molecule has 10 nitrogen and oxygen atoms in total. The number of carbonyl (C=O) groups excluding carboxylic acids is 1. The molecule has 1 aliphatic rings. The molecule has 3 heterocycles. The molecule has 0 aliphatic carbocycles. The monoisotopic (exact) mass is 455 g/mol. The van der Waals surface area contributed by atoms with Gasteiger partial charge in [-0.1, -0.05) is 13.8 Å².